The number of nitrogens with zero attached hydrogens (tertiary/aromatic N) is 1. The lowest BCUT2D eigenvalue weighted by molar-refractivity contribution is -0.144. The maximum absolute atomic E-state index is 11.4. The predicted molar refractivity (Wildman–Crippen MR) is 60.3 cm³/mol. The first-order chi connectivity index (χ1) is 7.65. The monoisotopic (exact) mass is 218 g/mol. The average Bonchev–Trinajstić information content (AvgIpc) is 2.65. The van der Waals surface area contributed by atoms with Crippen molar-refractivity contribution in [2.24, 2.45) is 0 Å². The lowest BCUT2D eigenvalue weighted by atomic mass is 10.1. The second kappa shape index (κ2) is 3.96. The SMILES string of the molecule is COC(=O)C(C)N1Cc2ccccc2C1=N. The summed E-state index contributed by atoms with van der Waals surface area (Å²) in [5.41, 5.74) is 1.99. The number of carbonyl (C=O) groups excluding carboxylic acids is 1. The third kappa shape index (κ3) is 1.56. The molecule has 1 unspecified atom stereocenters. The highest BCUT2D eigenvalue weighted by Crippen LogP contribution is 2.24. The maximum atomic E-state index is 11.4. The molecule has 0 aliphatic carbocycles. The molecule has 0 saturated carbocycles. The van der Waals surface area contributed by atoms with Gasteiger partial charge in [0, 0.05) is 12.1 Å². The predicted octanol–water partition coefficient (Wildman–Crippen LogP) is 1.39. The molecular weight excluding hydrogens is 204 g/mol. The molecule has 1 aliphatic heterocycles. The van der Waals surface area contributed by atoms with Gasteiger partial charge in [0.1, 0.15) is 11.9 Å². The molecule has 1 atom stereocenters. The summed E-state index contributed by atoms with van der Waals surface area (Å²) in [6.45, 7) is 2.36. The topological polar surface area (TPSA) is 53.4 Å². The van der Waals surface area contributed by atoms with E-state index in [2.05, 4.69) is 0 Å². The lowest BCUT2D eigenvalue weighted by Gasteiger charge is -2.23. The summed E-state index contributed by atoms with van der Waals surface area (Å²) in [6.07, 6.45) is 0. The van der Waals surface area contributed by atoms with Gasteiger partial charge in [-0.05, 0) is 12.5 Å². The fourth-order valence-corrected chi connectivity index (χ4v) is 1.93. The first-order valence-electron chi connectivity index (χ1n) is 5.16. The largest absolute Gasteiger partial charge is 0.467 e. The van der Waals surface area contributed by atoms with Gasteiger partial charge in [-0.2, -0.15) is 0 Å². The van der Waals surface area contributed by atoms with Crippen LogP contribution in [0.25, 0.3) is 0 Å². The van der Waals surface area contributed by atoms with Crippen LogP contribution in [-0.4, -0.2) is 29.9 Å². The summed E-state index contributed by atoms with van der Waals surface area (Å²) in [7, 11) is 1.37. The molecule has 2 rings (SSSR count). The van der Waals surface area contributed by atoms with Gasteiger partial charge >= 0.3 is 5.97 Å². The number of ether oxygens (including phenoxy) is 1. The van der Waals surface area contributed by atoms with E-state index in [1.54, 1.807) is 11.8 Å². The molecule has 1 N–H and O–H groups in total. The molecule has 0 spiro atoms. The second-order valence-electron chi connectivity index (χ2n) is 3.83. The zero-order valence-corrected chi connectivity index (χ0v) is 9.36. The van der Waals surface area contributed by atoms with Crippen molar-refractivity contribution < 1.29 is 9.53 Å². The standard InChI is InChI=1S/C12H14N2O2/c1-8(12(15)16-2)14-7-9-5-3-4-6-10(9)11(14)13/h3-6,8,13H,7H2,1-2H3. The van der Waals surface area contributed by atoms with E-state index in [9.17, 15) is 4.79 Å². The Labute approximate surface area is 94.3 Å². The lowest BCUT2D eigenvalue weighted by Crippen LogP contribution is -2.39. The quantitative estimate of drug-likeness (QED) is 0.763. The van der Waals surface area contributed by atoms with Gasteiger partial charge in [-0.25, -0.2) is 4.79 Å². The summed E-state index contributed by atoms with van der Waals surface area (Å²) in [4.78, 5) is 13.2. The number of hydrogen-bond donors (Lipinski definition) is 1. The molecule has 1 aromatic rings. The first kappa shape index (κ1) is 10.7. The van der Waals surface area contributed by atoms with Crippen LogP contribution < -0.4 is 0 Å². The third-order valence-electron chi connectivity index (χ3n) is 2.91. The highest BCUT2D eigenvalue weighted by molar-refractivity contribution is 6.02. The van der Waals surface area contributed by atoms with Crippen LogP contribution in [0.2, 0.25) is 0 Å². The van der Waals surface area contributed by atoms with Gasteiger partial charge < -0.3 is 9.64 Å². The van der Waals surface area contributed by atoms with Crippen LogP contribution in [0.4, 0.5) is 0 Å². The minimum atomic E-state index is -0.412. The number of esters is 1. The summed E-state index contributed by atoms with van der Waals surface area (Å²) in [6, 6.07) is 7.32. The molecule has 84 valence electrons. The van der Waals surface area contributed by atoms with Crippen molar-refractivity contribution in [1.29, 1.82) is 5.41 Å². The number of fused-ring (bicyclic) bond motifs is 1. The van der Waals surface area contributed by atoms with Crippen molar-refractivity contribution in [3.63, 3.8) is 0 Å². The number of methoxy groups -OCH3 is 1. The zero-order chi connectivity index (χ0) is 11.7. The van der Waals surface area contributed by atoms with Crippen LogP contribution in [0.1, 0.15) is 18.1 Å². The minimum Gasteiger partial charge on any atom is -0.467 e. The van der Waals surface area contributed by atoms with Crippen molar-refractivity contribution in [2.75, 3.05) is 7.11 Å². The Balaban J connectivity index is 2.25. The van der Waals surface area contributed by atoms with E-state index in [1.165, 1.54) is 7.11 Å². The highest BCUT2D eigenvalue weighted by atomic mass is 16.5. The number of benzene rings is 1. The highest BCUT2D eigenvalue weighted by Gasteiger charge is 2.31. The molecule has 1 aromatic carbocycles. The van der Waals surface area contributed by atoms with Crippen LogP contribution >= 0.6 is 0 Å². The van der Waals surface area contributed by atoms with Gasteiger partial charge in [0.2, 0.25) is 0 Å². The normalized spacial score (nSPS) is 15.9. The summed E-state index contributed by atoms with van der Waals surface area (Å²) >= 11 is 0. The van der Waals surface area contributed by atoms with E-state index < -0.39 is 6.04 Å². The summed E-state index contributed by atoms with van der Waals surface area (Å²) in [5.74, 6) is 0.0889. The molecule has 16 heavy (non-hydrogen) atoms. The molecule has 0 fully saturated rings. The van der Waals surface area contributed by atoms with Crippen LogP contribution in [-0.2, 0) is 16.1 Å². The molecule has 0 saturated heterocycles. The number of nitrogens with one attached hydrogen (secondary N) is 1. The Morgan fingerprint density at radius 2 is 2.19 bits per heavy atom. The molecule has 1 aliphatic rings. The number of hydrogen-bond acceptors (Lipinski definition) is 3. The van der Waals surface area contributed by atoms with Gasteiger partial charge in [-0.15, -0.1) is 0 Å². The Bertz CT molecular complexity index is 442. The Kier molecular flexibility index (Phi) is 2.64. The van der Waals surface area contributed by atoms with Crippen LogP contribution in [0, 0.1) is 5.41 Å². The van der Waals surface area contributed by atoms with E-state index in [1.807, 2.05) is 24.3 Å². The Morgan fingerprint density at radius 3 is 2.81 bits per heavy atom. The number of carbonyl (C=O) groups is 1. The fourth-order valence-electron chi connectivity index (χ4n) is 1.93. The number of amidine groups is 1. The van der Waals surface area contributed by atoms with Crippen molar-refractivity contribution in [3.05, 3.63) is 35.4 Å². The third-order valence-corrected chi connectivity index (χ3v) is 2.91. The van der Waals surface area contributed by atoms with Crippen LogP contribution in [0.5, 0.6) is 0 Å². The minimum absolute atomic E-state index is 0.308. The fraction of sp³-hybridized carbons (Fsp3) is 0.333. The molecule has 0 radical (unpaired) electrons. The summed E-state index contributed by atoms with van der Waals surface area (Å²) in [5, 5.41) is 8.00. The molecule has 4 nitrogen and oxygen atoms in total. The van der Waals surface area contributed by atoms with E-state index in [4.69, 9.17) is 10.1 Å². The van der Waals surface area contributed by atoms with Crippen molar-refractivity contribution in [3.8, 4) is 0 Å². The van der Waals surface area contributed by atoms with Gasteiger partial charge in [0.15, 0.2) is 0 Å². The molecule has 0 aromatic heterocycles. The van der Waals surface area contributed by atoms with Crippen molar-refractivity contribution >= 4 is 11.8 Å². The Morgan fingerprint density at radius 1 is 1.50 bits per heavy atom. The average molecular weight is 218 g/mol. The second-order valence-corrected chi connectivity index (χ2v) is 3.83. The molecular formula is C12H14N2O2. The maximum Gasteiger partial charge on any atom is 0.328 e. The van der Waals surface area contributed by atoms with Gasteiger partial charge in [0.25, 0.3) is 0 Å². The van der Waals surface area contributed by atoms with Gasteiger partial charge in [0.05, 0.1) is 7.11 Å². The zero-order valence-electron chi connectivity index (χ0n) is 9.36. The van der Waals surface area contributed by atoms with E-state index >= 15 is 0 Å². The smallest absolute Gasteiger partial charge is 0.328 e. The number of rotatable bonds is 2. The van der Waals surface area contributed by atoms with Crippen molar-refractivity contribution in [2.45, 2.75) is 19.5 Å². The van der Waals surface area contributed by atoms with Crippen molar-refractivity contribution in [1.82, 2.24) is 4.90 Å². The van der Waals surface area contributed by atoms with Gasteiger partial charge in [-0.1, -0.05) is 24.3 Å². The van der Waals surface area contributed by atoms with Crippen LogP contribution in [0.15, 0.2) is 24.3 Å². The van der Waals surface area contributed by atoms with Gasteiger partial charge in [-0.3, -0.25) is 5.41 Å². The first-order valence-corrected chi connectivity index (χ1v) is 5.16. The van der Waals surface area contributed by atoms with Crippen LogP contribution in [0.3, 0.4) is 0 Å². The summed E-state index contributed by atoms with van der Waals surface area (Å²) < 4.78 is 4.69. The molecule has 0 bridgehead atoms. The van der Waals surface area contributed by atoms with E-state index in [0.717, 1.165) is 11.1 Å². The van der Waals surface area contributed by atoms with E-state index in [-0.39, 0.29) is 5.97 Å². The molecule has 0 amide bonds. The Hall–Kier alpha value is -1.84. The molecule has 4 heteroatoms. The molecule has 1 heterocycles. The van der Waals surface area contributed by atoms with E-state index in [0.29, 0.717) is 12.4 Å².